The van der Waals surface area contributed by atoms with Crippen LogP contribution in [-0.2, 0) is 20.9 Å². The van der Waals surface area contributed by atoms with Crippen LogP contribution in [0.1, 0.15) is 43.2 Å². The molecule has 33 heavy (non-hydrogen) atoms. The first-order valence-electron chi connectivity index (χ1n) is 11.8. The maximum absolute atomic E-state index is 10.7. The topological polar surface area (TPSA) is 55.8 Å². The summed E-state index contributed by atoms with van der Waals surface area (Å²) in [4.78, 5) is 10.7. The molecule has 1 heterocycles. The highest BCUT2D eigenvalue weighted by Crippen LogP contribution is 2.55. The van der Waals surface area contributed by atoms with Crippen molar-refractivity contribution in [2.45, 2.75) is 44.8 Å². The molecule has 172 valence electrons. The lowest BCUT2D eigenvalue weighted by Gasteiger charge is -2.35. The normalized spacial score (nSPS) is 25.8. The van der Waals surface area contributed by atoms with Crippen LogP contribution in [0, 0.1) is 29.1 Å². The van der Waals surface area contributed by atoms with E-state index in [1.807, 2.05) is 48.5 Å². The predicted molar refractivity (Wildman–Crippen MR) is 128 cm³/mol. The SMILES string of the molecule is O=C(O)CCC/C=C\C[C@H]1[C@H](COCc2ccccc2)[C@@H]2C[C@@]1(C#Cc1ccccc1)CO2. The number of hydrogen-bond acceptors (Lipinski definition) is 3. The van der Waals surface area contributed by atoms with Crippen molar-refractivity contribution in [1.82, 2.24) is 0 Å². The summed E-state index contributed by atoms with van der Waals surface area (Å²) in [5, 5.41) is 8.83. The van der Waals surface area contributed by atoms with Crippen molar-refractivity contribution < 1.29 is 19.4 Å². The van der Waals surface area contributed by atoms with Gasteiger partial charge in [-0.15, -0.1) is 0 Å². The summed E-state index contributed by atoms with van der Waals surface area (Å²) >= 11 is 0. The highest BCUT2D eigenvalue weighted by atomic mass is 16.5. The number of carbonyl (C=O) groups is 1. The van der Waals surface area contributed by atoms with E-state index in [1.165, 1.54) is 5.56 Å². The first kappa shape index (κ1) is 23.3. The van der Waals surface area contributed by atoms with Crippen LogP contribution in [0.3, 0.4) is 0 Å². The number of carboxylic acids is 1. The van der Waals surface area contributed by atoms with E-state index in [0.717, 1.165) is 24.8 Å². The molecule has 2 aromatic rings. The molecule has 4 nitrogen and oxygen atoms in total. The van der Waals surface area contributed by atoms with Gasteiger partial charge in [-0.1, -0.05) is 72.5 Å². The largest absolute Gasteiger partial charge is 0.481 e. The fraction of sp³-hybridized carbons (Fsp3) is 0.414. The molecule has 0 aromatic heterocycles. The van der Waals surface area contributed by atoms with Crippen LogP contribution < -0.4 is 0 Å². The van der Waals surface area contributed by atoms with Crippen LogP contribution in [0.4, 0.5) is 0 Å². The van der Waals surface area contributed by atoms with E-state index >= 15 is 0 Å². The van der Waals surface area contributed by atoms with Gasteiger partial charge in [0.15, 0.2) is 0 Å². The first-order chi connectivity index (χ1) is 16.2. The summed E-state index contributed by atoms with van der Waals surface area (Å²) in [6.45, 7) is 1.93. The number of hydrogen-bond donors (Lipinski definition) is 1. The third-order valence-electron chi connectivity index (χ3n) is 6.79. The van der Waals surface area contributed by atoms with Crippen LogP contribution in [0.2, 0.25) is 0 Å². The zero-order valence-electron chi connectivity index (χ0n) is 19.0. The van der Waals surface area contributed by atoms with Crippen LogP contribution in [0.15, 0.2) is 72.8 Å². The average molecular weight is 445 g/mol. The Morgan fingerprint density at radius 2 is 1.88 bits per heavy atom. The van der Waals surface area contributed by atoms with Crippen LogP contribution >= 0.6 is 0 Å². The van der Waals surface area contributed by atoms with Gasteiger partial charge in [-0.3, -0.25) is 4.79 Å². The Morgan fingerprint density at radius 3 is 2.64 bits per heavy atom. The fourth-order valence-electron chi connectivity index (χ4n) is 5.08. The Labute approximate surface area is 196 Å². The quantitative estimate of drug-likeness (QED) is 0.300. The molecule has 4 heteroatoms. The number of benzene rings is 2. The van der Waals surface area contributed by atoms with Crippen molar-refractivity contribution in [2.24, 2.45) is 17.3 Å². The summed E-state index contributed by atoms with van der Waals surface area (Å²) in [6, 6.07) is 20.4. The number of carboxylic acid groups (broad SMARTS) is 1. The molecule has 2 bridgehead atoms. The molecule has 1 saturated carbocycles. The predicted octanol–water partition coefficient (Wildman–Crippen LogP) is 5.48. The molecule has 4 atom stereocenters. The monoisotopic (exact) mass is 444 g/mol. The van der Waals surface area contributed by atoms with Gasteiger partial charge in [0.05, 0.1) is 31.3 Å². The van der Waals surface area contributed by atoms with E-state index in [4.69, 9.17) is 14.6 Å². The molecule has 0 radical (unpaired) electrons. The number of ether oxygens (including phenoxy) is 2. The Hall–Kier alpha value is -2.87. The lowest BCUT2D eigenvalue weighted by molar-refractivity contribution is -0.137. The zero-order valence-corrected chi connectivity index (χ0v) is 19.0. The summed E-state index contributed by atoms with van der Waals surface area (Å²) in [7, 11) is 0. The molecule has 2 aromatic carbocycles. The fourth-order valence-corrected chi connectivity index (χ4v) is 5.08. The van der Waals surface area contributed by atoms with Gasteiger partial charge in [0.2, 0.25) is 0 Å². The van der Waals surface area contributed by atoms with Crippen molar-refractivity contribution in [3.05, 3.63) is 83.9 Å². The lowest BCUT2D eigenvalue weighted by atomic mass is 9.74. The summed E-state index contributed by atoms with van der Waals surface area (Å²) in [6.07, 6.45) is 8.04. The Morgan fingerprint density at radius 1 is 1.12 bits per heavy atom. The third kappa shape index (κ3) is 6.13. The Bertz CT molecular complexity index is 989. The molecule has 0 spiro atoms. The summed E-state index contributed by atoms with van der Waals surface area (Å²) in [5.41, 5.74) is 2.05. The van der Waals surface area contributed by atoms with Crippen molar-refractivity contribution in [2.75, 3.05) is 13.2 Å². The van der Waals surface area contributed by atoms with Gasteiger partial charge in [0.25, 0.3) is 0 Å². The maximum atomic E-state index is 10.7. The minimum Gasteiger partial charge on any atom is -0.481 e. The highest BCUT2D eigenvalue weighted by molar-refractivity contribution is 5.66. The number of fused-ring (bicyclic) bond motifs is 2. The molecule has 1 N–H and O–H groups in total. The molecule has 2 aliphatic rings. The standard InChI is InChI=1S/C29H32O4/c30-28(31)16-10-2-1-9-15-26-25(21-32-20-24-13-7-4-8-14-24)27-19-29(26,22-33-27)18-17-23-11-5-3-6-12-23/h1,3-9,11-14,25-27H,2,10,15-16,19-22H2,(H,30,31)/b9-1-/t25-,26-,27-,29-/m0/s1. The molecule has 1 saturated heterocycles. The zero-order chi connectivity index (χ0) is 22.9. The second-order valence-corrected chi connectivity index (χ2v) is 9.09. The van der Waals surface area contributed by atoms with Crippen LogP contribution in [-0.4, -0.2) is 30.4 Å². The van der Waals surface area contributed by atoms with E-state index in [2.05, 4.69) is 36.1 Å². The van der Waals surface area contributed by atoms with Crippen molar-refractivity contribution in [3.63, 3.8) is 0 Å². The van der Waals surface area contributed by atoms with Gasteiger partial charge in [0, 0.05) is 17.9 Å². The van der Waals surface area contributed by atoms with E-state index in [1.54, 1.807) is 0 Å². The van der Waals surface area contributed by atoms with Crippen LogP contribution in [0.5, 0.6) is 0 Å². The molecule has 0 amide bonds. The molecular weight excluding hydrogens is 412 g/mol. The molecular formula is C29H32O4. The number of unbranched alkanes of at least 4 members (excludes halogenated alkanes) is 1. The second-order valence-electron chi connectivity index (χ2n) is 9.09. The van der Waals surface area contributed by atoms with Gasteiger partial charge in [-0.2, -0.15) is 0 Å². The second kappa shape index (κ2) is 11.3. The Kier molecular flexibility index (Phi) is 7.99. The molecule has 2 fully saturated rings. The summed E-state index contributed by atoms with van der Waals surface area (Å²) in [5.74, 6) is 6.94. The Balaban J connectivity index is 1.44. The first-order valence-corrected chi connectivity index (χ1v) is 11.8. The van der Waals surface area contributed by atoms with E-state index in [-0.39, 0.29) is 17.9 Å². The summed E-state index contributed by atoms with van der Waals surface area (Å²) < 4.78 is 12.3. The van der Waals surface area contributed by atoms with Crippen LogP contribution in [0.25, 0.3) is 0 Å². The smallest absolute Gasteiger partial charge is 0.303 e. The molecule has 4 rings (SSSR count). The number of rotatable bonds is 10. The van der Waals surface area contributed by atoms with Crippen molar-refractivity contribution >= 4 is 5.97 Å². The number of aliphatic carboxylic acids is 1. The minimum atomic E-state index is -0.737. The van der Waals surface area contributed by atoms with E-state index < -0.39 is 5.97 Å². The molecule has 0 unspecified atom stereocenters. The van der Waals surface area contributed by atoms with E-state index in [9.17, 15) is 4.79 Å². The van der Waals surface area contributed by atoms with Crippen molar-refractivity contribution in [1.29, 1.82) is 0 Å². The van der Waals surface area contributed by atoms with Gasteiger partial charge >= 0.3 is 5.97 Å². The van der Waals surface area contributed by atoms with Gasteiger partial charge < -0.3 is 14.6 Å². The third-order valence-corrected chi connectivity index (χ3v) is 6.79. The maximum Gasteiger partial charge on any atom is 0.303 e. The number of allylic oxidation sites excluding steroid dienone is 2. The lowest BCUT2D eigenvalue weighted by Crippen LogP contribution is -2.37. The average Bonchev–Trinajstić information content (AvgIpc) is 3.38. The van der Waals surface area contributed by atoms with Gasteiger partial charge in [-0.25, -0.2) is 0 Å². The minimum absolute atomic E-state index is 0.160. The highest BCUT2D eigenvalue weighted by Gasteiger charge is 2.57. The molecule has 1 aliphatic carbocycles. The molecule has 1 aliphatic heterocycles. The van der Waals surface area contributed by atoms with E-state index in [0.29, 0.717) is 38.1 Å². The van der Waals surface area contributed by atoms with Crippen molar-refractivity contribution in [3.8, 4) is 11.8 Å². The van der Waals surface area contributed by atoms with Gasteiger partial charge in [0.1, 0.15) is 0 Å². The van der Waals surface area contributed by atoms with Gasteiger partial charge in [-0.05, 0) is 49.3 Å².